The summed E-state index contributed by atoms with van der Waals surface area (Å²) in [4.78, 5) is 4.89. The fourth-order valence-corrected chi connectivity index (χ4v) is 12.0. The van der Waals surface area contributed by atoms with E-state index in [0.717, 1.165) is 17.1 Å². The Kier molecular flexibility index (Phi) is 11.4. The van der Waals surface area contributed by atoms with Crippen LogP contribution in [0, 0.1) is 0 Å². The predicted octanol–water partition coefficient (Wildman–Crippen LogP) is 20.1. The summed E-state index contributed by atoms with van der Waals surface area (Å²) < 4.78 is 0. The van der Waals surface area contributed by atoms with E-state index in [1.165, 1.54) is 105 Å². The van der Waals surface area contributed by atoms with Crippen LogP contribution in [-0.4, -0.2) is 6.04 Å². The van der Waals surface area contributed by atoms with E-state index in [4.69, 9.17) is 0 Å². The molecule has 12 aromatic carbocycles. The van der Waals surface area contributed by atoms with Crippen molar-refractivity contribution in [2.75, 3.05) is 9.80 Å². The second-order valence-electron chi connectivity index (χ2n) is 20.0. The Hall–Kier alpha value is -9.76. The Morgan fingerprint density at radius 2 is 0.671 bits per heavy atom. The van der Waals surface area contributed by atoms with Crippen molar-refractivity contribution in [3.05, 3.63) is 314 Å². The summed E-state index contributed by atoms with van der Waals surface area (Å²) in [6, 6.07) is 104. The van der Waals surface area contributed by atoms with Gasteiger partial charge in [0, 0.05) is 34.4 Å². The normalized spacial score (nSPS) is 14.6. The van der Waals surface area contributed by atoms with Crippen LogP contribution in [0.25, 0.3) is 82.8 Å². The molecule has 0 radical (unpaired) electrons. The number of rotatable bonds is 10. The maximum atomic E-state index is 2.53. The van der Waals surface area contributed by atoms with E-state index < -0.39 is 0 Å². The summed E-state index contributed by atoms with van der Waals surface area (Å²) in [7, 11) is 0. The molecule has 0 saturated carbocycles. The van der Waals surface area contributed by atoms with Crippen LogP contribution >= 0.6 is 0 Å². The lowest BCUT2D eigenvalue weighted by molar-refractivity contribution is 0.747. The summed E-state index contributed by atoms with van der Waals surface area (Å²) in [5.74, 6) is 0.204. The molecular formula is C74H52N2. The van der Waals surface area contributed by atoms with Crippen LogP contribution in [0.4, 0.5) is 28.4 Å². The van der Waals surface area contributed by atoms with Crippen LogP contribution in [0.1, 0.15) is 17.0 Å². The third-order valence-electron chi connectivity index (χ3n) is 15.6. The summed E-state index contributed by atoms with van der Waals surface area (Å²) in [5.41, 5.74) is 21.8. The van der Waals surface area contributed by atoms with Crippen LogP contribution < -0.4 is 9.80 Å². The van der Waals surface area contributed by atoms with Gasteiger partial charge in [0.25, 0.3) is 0 Å². The molecule has 14 rings (SSSR count). The van der Waals surface area contributed by atoms with Crippen molar-refractivity contribution in [3.63, 3.8) is 0 Å². The van der Waals surface area contributed by atoms with Gasteiger partial charge in [-0.3, -0.25) is 0 Å². The van der Waals surface area contributed by atoms with Gasteiger partial charge in [0.15, 0.2) is 0 Å². The molecule has 0 fully saturated rings. The zero-order valence-corrected chi connectivity index (χ0v) is 41.9. The highest BCUT2D eigenvalue weighted by Crippen LogP contribution is 2.51. The van der Waals surface area contributed by atoms with Crippen molar-refractivity contribution in [3.8, 4) is 55.6 Å². The molecular weight excluding hydrogens is 917 g/mol. The number of para-hydroxylation sites is 1. The number of allylic oxidation sites excluding steroid dienone is 2. The van der Waals surface area contributed by atoms with E-state index in [-0.39, 0.29) is 12.0 Å². The van der Waals surface area contributed by atoms with Crippen molar-refractivity contribution in [2.45, 2.75) is 12.0 Å². The van der Waals surface area contributed by atoms with Crippen LogP contribution in [0.15, 0.2) is 303 Å². The molecule has 2 heteroatoms. The molecule has 358 valence electrons. The maximum Gasteiger partial charge on any atom is 0.0630 e. The van der Waals surface area contributed by atoms with Gasteiger partial charge < -0.3 is 9.80 Å². The van der Waals surface area contributed by atoms with E-state index >= 15 is 0 Å². The number of nitrogens with zero attached hydrogens (tertiary/aromatic N) is 2. The topological polar surface area (TPSA) is 6.48 Å². The number of hydrogen-bond donors (Lipinski definition) is 0. The SMILES string of the molecule is C1=CC2C(C=C1c1ccccc1)c1cc(-c3ccccc3)ccc1N2c1ccc(N(c2ccccc2)c2ccc(-c3ccc(-c4c5ccccc5c(-c5ccc(-c6ccccc6)cc5)c5ccccc45)cc3)cc2)cc1. The van der Waals surface area contributed by atoms with E-state index in [2.05, 4.69) is 313 Å². The average Bonchev–Trinajstić information content (AvgIpc) is 3.86. The minimum Gasteiger partial charge on any atom is -0.333 e. The zero-order valence-electron chi connectivity index (χ0n) is 41.9. The molecule has 0 bridgehead atoms. The highest BCUT2D eigenvalue weighted by molar-refractivity contribution is 6.21. The summed E-state index contributed by atoms with van der Waals surface area (Å²) in [6.07, 6.45) is 7.20. The lowest BCUT2D eigenvalue weighted by Crippen LogP contribution is -2.29. The lowest BCUT2D eigenvalue weighted by Gasteiger charge is -2.31. The van der Waals surface area contributed by atoms with E-state index in [0.29, 0.717) is 0 Å². The first-order valence-electron chi connectivity index (χ1n) is 26.4. The molecule has 0 saturated heterocycles. The monoisotopic (exact) mass is 968 g/mol. The third-order valence-corrected chi connectivity index (χ3v) is 15.6. The average molecular weight is 969 g/mol. The smallest absolute Gasteiger partial charge is 0.0630 e. The molecule has 76 heavy (non-hydrogen) atoms. The van der Waals surface area contributed by atoms with Gasteiger partial charge in [-0.1, -0.05) is 243 Å². The number of anilines is 5. The fraction of sp³-hybridized carbons (Fsp3) is 0.0270. The third kappa shape index (κ3) is 8.09. The van der Waals surface area contributed by atoms with Crippen molar-refractivity contribution >= 4 is 55.6 Å². The van der Waals surface area contributed by atoms with Gasteiger partial charge in [0.05, 0.1) is 6.04 Å². The van der Waals surface area contributed by atoms with Crippen LogP contribution in [0.5, 0.6) is 0 Å². The van der Waals surface area contributed by atoms with Crippen LogP contribution in [0.3, 0.4) is 0 Å². The van der Waals surface area contributed by atoms with Crippen molar-refractivity contribution in [1.82, 2.24) is 0 Å². The molecule has 2 aliphatic rings. The summed E-state index contributed by atoms with van der Waals surface area (Å²) >= 11 is 0. The minimum absolute atomic E-state index is 0.152. The van der Waals surface area contributed by atoms with E-state index in [1.54, 1.807) is 0 Å². The van der Waals surface area contributed by atoms with Crippen LogP contribution in [-0.2, 0) is 0 Å². The minimum atomic E-state index is 0.152. The summed E-state index contributed by atoms with van der Waals surface area (Å²) in [5, 5.41) is 5.01. The Morgan fingerprint density at radius 3 is 1.17 bits per heavy atom. The predicted molar refractivity (Wildman–Crippen MR) is 322 cm³/mol. The molecule has 0 aromatic heterocycles. The number of fused-ring (bicyclic) bond motifs is 5. The van der Waals surface area contributed by atoms with Gasteiger partial charge in [-0.2, -0.15) is 0 Å². The van der Waals surface area contributed by atoms with Gasteiger partial charge in [-0.25, -0.2) is 0 Å². The van der Waals surface area contributed by atoms with Gasteiger partial charge in [-0.15, -0.1) is 0 Å². The Morgan fingerprint density at radius 1 is 0.303 bits per heavy atom. The van der Waals surface area contributed by atoms with Crippen LogP contribution in [0.2, 0.25) is 0 Å². The quantitative estimate of drug-likeness (QED) is 0.126. The molecule has 1 aliphatic carbocycles. The van der Waals surface area contributed by atoms with Crippen molar-refractivity contribution in [1.29, 1.82) is 0 Å². The zero-order chi connectivity index (χ0) is 50.4. The van der Waals surface area contributed by atoms with Gasteiger partial charge in [0.2, 0.25) is 0 Å². The molecule has 1 aliphatic heterocycles. The molecule has 1 heterocycles. The Bertz CT molecular complexity index is 4050. The molecule has 12 aromatic rings. The number of benzene rings is 12. The highest BCUT2D eigenvalue weighted by atomic mass is 15.2. The maximum absolute atomic E-state index is 2.53. The summed E-state index contributed by atoms with van der Waals surface area (Å²) in [6.45, 7) is 0. The molecule has 2 unspecified atom stereocenters. The molecule has 2 nitrogen and oxygen atoms in total. The largest absolute Gasteiger partial charge is 0.333 e. The molecule has 0 amide bonds. The van der Waals surface area contributed by atoms with Crippen molar-refractivity contribution in [2.24, 2.45) is 0 Å². The lowest BCUT2D eigenvalue weighted by atomic mass is 9.85. The van der Waals surface area contributed by atoms with Gasteiger partial charge in [0.1, 0.15) is 0 Å². The van der Waals surface area contributed by atoms with E-state index in [1.807, 2.05) is 0 Å². The Balaban J connectivity index is 0.771. The standard InChI is InChI=1S/C74H52N2/c1-5-17-51(18-6-1)54-29-33-57(34-30-54)73-65-25-13-15-27-67(65)74(68-28-16-14-26-66(68)73)58-35-31-55(32-36-58)56-37-41-62(42-38-56)75(61-23-11-4-12-24-61)63-43-45-64(46-44-63)76-71-47-39-59(52-19-7-2-8-20-52)49-69(71)70-50-60(40-48-72(70)76)53-21-9-3-10-22-53/h1-50,69,71H. The first kappa shape index (κ1) is 44.9. The molecule has 0 N–H and O–H groups in total. The second-order valence-corrected chi connectivity index (χ2v) is 20.0. The van der Waals surface area contributed by atoms with Gasteiger partial charge in [-0.05, 0) is 155 Å². The fourth-order valence-electron chi connectivity index (χ4n) is 12.0. The second kappa shape index (κ2) is 19.3. The first-order valence-corrected chi connectivity index (χ1v) is 26.4. The Labute approximate surface area is 445 Å². The van der Waals surface area contributed by atoms with Crippen molar-refractivity contribution < 1.29 is 0 Å². The van der Waals surface area contributed by atoms with Gasteiger partial charge >= 0.3 is 0 Å². The first-order chi connectivity index (χ1) is 37.7. The van der Waals surface area contributed by atoms with E-state index in [9.17, 15) is 0 Å². The number of hydrogen-bond acceptors (Lipinski definition) is 2. The molecule has 0 spiro atoms. The highest BCUT2D eigenvalue weighted by Gasteiger charge is 2.39. The molecule has 2 atom stereocenters.